The summed E-state index contributed by atoms with van der Waals surface area (Å²) in [5, 5.41) is 1.74. The van der Waals surface area contributed by atoms with E-state index < -0.39 is 12.0 Å². The van der Waals surface area contributed by atoms with E-state index >= 15 is 0 Å². The number of para-hydroxylation sites is 1. The minimum atomic E-state index is -0.849. The van der Waals surface area contributed by atoms with E-state index in [1.165, 1.54) is 4.90 Å². The number of carbonyl (C=O) groups excluding carboxylic acids is 2. The predicted molar refractivity (Wildman–Crippen MR) is 120 cm³/mol. The molecule has 0 saturated carbocycles. The van der Waals surface area contributed by atoms with Crippen LogP contribution in [-0.2, 0) is 14.4 Å². The lowest BCUT2D eigenvalue weighted by atomic mass is 9.88. The van der Waals surface area contributed by atoms with Crippen molar-refractivity contribution in [3.63, 3.8) is 0 Å². The van der Waals surface area contributed by atoms with Crippen LogP contribution in [0, 0.1) is 26.7 Å². The maximum atomic E-state index is 13.7. The van der Waals surface area contributed by atoms with Gasteiger partial charge in [0, 0.05) is 0 Å². The van der Waals surface area contributed by atoms with Gasteiger partial charge in [-0.15, -0.1) is 0 Å². The first kappa shape index (κ1) is 19.5. The van der Waals surface area contributed by atoms with E-state index in [2.05, 4.69) is 0 Å². The summed E-state index contributed by atoms with van der Waals surface area (Å²) >= 11 is 0. The van der Waals surface area contributed by atoms with Crippen molar-refractivity contribution in [3.8, 4) is 0 Å². The van der Waals surface area contributed by atoms with Crippen LogP contribution in [0.5, 0.6) is 0 Å². The zero-order chi connectivity index (χ0) is 21.7. The highest BCUT2D eigenvalue weighted by Gasteiger charge is 2.60. The summed E-state index contributed by atoms with van der Waals surface area (Å²) in [6.07, 6.45) is -0.849. The lowest BCUT2D eigenvalue weighted by Crippen LogP contribution is -2.37. The first-order valence-electron chi connectivity index (χ1n) is 10.5. The fourth-order valence-corrected chi connectivity index (χ4v) is 4.74. The first-order valence-corrected chi connectivity index (χ1v) is 10.5. The third kappa shape index (κ3) is 3.04. The van der Waals surface area contributed by atoms with Crippen LogP contribution in [0.1, 0.15) is 28.3 Å². The third-order valence-electron chi connectivity index (χ3n) is 6.23. The Morgan fingerprint density at radius 2 is 1.48 bits per heavy atom. The summed E-state index contributed by atoms with van der Waals surface area (Å²) in [6.45, 7) is 5.94. The SMILES string of the molecule is Cc1ccc(N2C(=O)[C@@H]3[C@@H](ON(c4ccccc4)[C@H]3c3ccccc3C)C2=O)c(C)c1. The summed E-state index contributed by atoms with van der Waals surface area (Å²) in [4.78, 5) is 34.7. The maximum Gasteiger partial charge on any atom is 0.266 e. The van der Waals surface area contributed by atoms with Gasteiger partial charge >= 0.3 is 0 Å². The summed E-state index contributed by atoms with van der Waals surface area (Å²) in [6, 6.07) is 23.0. The molecule has 2 amide bonds. The van der Waals surface area contributed by atoms with Gasteiger partial charge in [0.25, 0.3) is 5.91 Å². The van der Waals surface area contributed by atoms with Crippen molar-refractivity contribution in [2.45, 2.75) is 32.9 Å². The zero-order valence-electron chi connectivity index (χ0n) is 17.8. The van der Waals surface area contributed by atoms with Gasteiger partial charge in [-0.25, -0.2) is 9.96 Å². The molecular weight excluding hydrogens is 388 g/mol. The Kier molecular flexibility index (Phi) is 4.63. The molecule has 2 saturated heterocycles. The monoisotopic (exact) mass is 412 g/mol. The van der Waals surface area contributed by atoms with Crippen LogP contribution in [0.4, 0.5) is 11.4 Å². The lowest BCUT2D eigenvalue weighted by molar-refractivity contribution is -0.126. The number of imide groups is 1. The van der Waals surface area contributed by atoms with Gasteiger partial charge in [-0.3, -0.25) is 14.4 Å². The summed E-state index contributed by atoms with van der Waals surface area (Å²) < 4.78 is 0. The molecular formula is C26H24N2O3. The molecule has 5 rings (SSSR count). The van der Waals surface area contributed by atoms with E-state index in [0.29, 0.717) is 5.69 Å². The molecule has 0 radical (unpaired) electrons. The van der Waals surface area contributed by atoms with E-state index in [0.717, 1.165) is 27.9 Å². The Balaban J connectivity index is 1.61. The smallest absolute Gasteiger partial charge is 0.266 e. The molecule has 0 spiro atoms. The van der Waals surface area contributed by atoms with Crippen molar-refractivity contribution in [2.24, 2.45) is 5.92 Å². The van der Waals surface area contributed by atoms with Crippen LogP contribution >= 0.6 is 0 Å². The van der Waals surface area contributed by atoms with Gasteiger partial charge in [-0.05, 0) is 55.7 Å². The molecule has 5 heteroatoms. The summed E-state index contributed by atoms with van der Waals surface area (Å²) in [5.41, 5.74) is 5.49. The highest BCUT2D eigenvalue weighted by molar-refractivity contribution is 6.24. The van der Waals surface area contributed by atoms with Gasteiger partial charge < -0.3 is 0 Å². The molecule has 156 valence electrons. The van der Waals surface area contributed by atoms with E-state index in [1.54, 1.807) is 5.06 Å². The Morgan fingerprint density at radius 1 is 0.774 bits per heavy atom. The van der Waals surface area contributed by atoms with E-state index in [9.17, 15) is 9.59 Å². The summed E-state index contributed by atoms with van der Waals surface area (Å²) in [7, 11) is 0. The predicted octanol–water partition coefficient (Wildman–Crippen LogP) is 4.66. The van der Waals surface area contributed by atoms with Gasteiger partial charge in [0.1, 0.15) is 5.92 Å². The quantitative estimate of drug-likeness (QED) is 0.587. The molecule has 2 heterocycles. The number of nitrogens with zero attached hydrogens (tertiary/aromatic N) is 2. The van der Waals surface area contributed by atoms with Gasteiger partial charge in [0.15, 0.2) is 6.10 Å². The summed E-state index contributed by atoms with van der Waals surface area (Å²) in [5.74, 6) is -1.14. The second-order valence-electron chi connectivity index (χ2n) is 8.32. The van der Waals surface area contributed by atoms with Gasteiger partial charge in [0.05, 0.1) is 17.4 Å². The molecule has 0 aromatic heterocycles. The minimum absolute atomic E-state index is 0.214. The third-order valence-corrected chi connectivity index (χ3v) is 6.23. The van der Waals surface area contributed by atoms with Crippen LogP contribution in [0.25, 0.3) is 0 Å². The van der Waals surface area contributed by atoms with E-state index in [1.807, 2.05) is 93.6 Å². The molecule has 2 aliphatic rings. The molecule has 31 heavy (non-hydrogen) atoms. The van der Waals surface area contributed by atoms with Crippen LogP contribution < -0.4 is 9.96 Å². The molecule has 0 N–H and O–H groups in total. The number of carbonyl (C=O) groups is 2. The van der Waals surface area contributed by atoms with Gasteiger partial charge in [0.2, 0.25) is 5.91 Å². The number of amides is 2. The molecule has 0 aliphatic carbocycles. The van der Waals surface area contributed by atoms with E-state index in [4.69, 9.17) is 4.84 Å². The number of fused-ring (bicyclic) bond motifs is 1. The number of hydrogen-bond donors (Lipinski definition) is 0. The topological polar surface area (TPSA) is 49.9 Å². The molecule has 2 fully saturated rings. The molecule has 2 aliphatic heterocycles. The molecule has 3 aromatic rings. The minimum Gasteiger partial charge on any atom is -0.273 e. The fourth-order valence-electron chi connectivity index (χ4n) is 4.74. The molecule has 0 bridgehead atoms. The van der Waals surface area contributed by atoms with Crippen molar-refractivity contribution in [3.05, 3.63) is 95.1 Å². The number of hydroxylamine groups is 1. The maximum absolute atomic E-state index is 13.7. The second kappa shape index (κ2) is 7.36. The fraction of sp³-hybridized carbons (Fsp3) is 0.231. The van der Waals surface area contributed by atoms with Gasteiger partial charge in [-0.2, -0.15) is 0 Å². The first-order chi connectivity index (χ1) is 15.0. The number of hydrogen-bond acceptors (Lipinski definition) is 4. The zero-order valence-corrected chi connectivity index (χ0v) is 17.8. The van der Waals surface area contributed by atoms with Crippen LogP contribution in [0.2, 0.25) is 0 Å². The molecule has 5 nitrogen and oxygen atoms in total. The highest BCUT2D eigenvalue weighted by Crippen LogP contribution is 2.48. The van der Waals surface area contributed by atoms with Crippen molar-refractivity contribution in [1.29, 1.82) is 0 Å². The van der Waals surface area contributed by atoms with Crippen molar-refractivity contribution < 1.29 is 14.4 Å². The van der Waals surface area contributed by atoms with Crippen molar-refractivity contribution >= 4 is 23.2 Å². The molecule has 3 aromatic carbocycles. The molecule has 0 unspecified atom stereocenters. The number of rotatable bonds is 3. The Morgan fingerprint density at radius 3 is 2.19 bits per heavy atom. The van der Waals surface area contributed by atoms with E-state index in [-0.39, 0.29) is 17.9 Å². The Hall–Kier alpha value is -3.44. The van der Waals surface area contributed by atoms with Crippen LogP contribution in [0.3, 0.4) is 0 Å². The van der Waals surface area contributed by atoms with Crippen molar-refractivity contribution in [2.75, 3.05) is 9.96 Å². The van der Waals surface area contributed by atoms with Crippen molar-refractivity contribution in [1.82, 2.24) is 0 Å². The normalized spacial score (nSPS) is 22.9. The lowest BCUT2D eigenvalue weighted by Gasteiger charge is -2.30. The molecule has 3 atom stereocenters. The Bertz CT molecular complexity index is 1170. The largest absolute Gasteiger partial charge is 0.273 e. The average Bonchev–Trinajstić information content (AvgIpc) is 3.26. The standard InChI is InChI=1S/C26H24N2O3/c1-16-13-14-21(18(3)15-16)27-25(29)22-23(20-12-8-7-9-17(20)2)28(31-24(22)26(27)30)19-10-5-4-6-11-19/h4-15,22-24H,1-3H3/t22-,23-,24+/m0/s1. The van der Waals surface area contributed by atoms with Gasteiger partial charge in [-0.1, -0.05) is 60.2 Å². The number of benzene rings is 3. The Labute approximate surface area is 181 Å². The average molecular weight is 412 g/mol. The highest BCUT2D eigenvalue weighted by atomic mass is 16.7. The number of aryl methyl sites for hydroxylation is 3. The second-order valence-corrected chi connectivity index (χ2v) is 8.32. The van der Waals surface area contributed by atoms with Crippen LogP contribution in [0.15, 0.2) is 72.8 Å². The van der Waals surface area contributed by atoms with Crippen LogP contribution in [-0.4, -0.2) is 17.9 Å². The number of anilines is 2.